The highest BCUT2D eigenvalue weighted by Gasteiger charge is 2.32. The summed E-state index contributed by atoms with van der Waals surface area (Å²) in [6.07, 6.45) is 1.91. The molecular weight excluding hydrogens is 286 g/mol. The number of rotatable bonds is 6. The van der Waals surface area contributed by atoms with E-state index in [1.807, 2.05) is 37.3 Å². The monoisotopic (exact) mass is 311 g/mol. The van der Waals surface area contributed by atoms with E-state index in [9.17, 15) is 8.42 Å². The number of nitrogens with two attached hydrogens (primary N) is 1. The van der Waals surface area contributed by atoms with Crippen molar-refractivity contribution in [2.45, 2.75) is 26.3 Å². The van der Waals surface area contributed by atoms with Crippen LogP contribution in [0.25, 0.3) is 0 Å². The van der Waals surface area contributed by atoms with Crippen molar-refractivity contribution in [1.82, 2.24) is 8.61 Å². The van der Waals surface area contributed by atoms with Crippen molar-refractivity contribution >= 4 is 10.2 Å². The highest BCUT2D eigenvalue weighted by Crippen LogP contribution is 2.21. The first-order chi connectivity index (χ1) is 10.1. The lowest BCUT2D eigenvalue weighted by Gasteiger charge is -2.35. The van der Waals surface area contributed by atoms with E-state index in [1.165, 1.54) is 0 Å². The molecule has 1 aromatic carbocycles. The fourth-order valence-corrected chi connectivity index (χ4v) is 4.46. The van der Waals surface area contributed by atoms with E-state index in [0.717, 1.165) is 18.4 Å². The number of nitrogens with zero attached hydrogens (tertiary/aromatic N) is 2. The van der Waals surface area contributed by atoms with E-state index in [1.54, 1.807) is 8.61 Å². The molecule has 118 valence electrons. The summed E-state index contributed by atoms with van der Waals surface area (Å²) in [5.74, 6) is 0.281. The smallest absolute Gasteiger partial charge is 0.282 e. The Morgan fingerprint density at radius 1 is 1.33 bits per heavy atom. The zero-order valence-electron chi connectivity index (χ0n) is 12.6. The van der Waals surface area contributed by atoms with Crippen molar-refractivity contribution in [3.05, 3.63) is 35.9 Å². The van der Waals surface area contributed by atoms with Gasteiger partial charge in [-0.25, -0.2) is 0 Å². The molecular formula is C15H25N3O2S. The van der Waals surface area contributed by atoms with Gasteiger partial charge in [0, 0.05) is 26.2 Å². The van der Waals surface area contributed by atoms with Crippen LogP contribution in [-0.4, -0.2) is 43.2 Å². The van der Waals surface area contributed by atoms with Gasteiger partial charge in [0.25, 0.3) is 10.2 Å². The molecule has 6 heteroatoms. The maximum atomic E-state index is 12.8. The van der Waals surface area contributed by atoms with Gasteiger partial charge in [0.15, 0.2) is 0 Å². The molecule has 0 bridgehead atoms. The maximum Gasteiger partial charge on any atom is 0.282 e. The Morgan fingerprint density at radius 3 is 2.67 bits per heavy atom. The first-order valence-corrected chi connectivity index (χ1v) is 8.96. The molecule has 2 N–H and O–H groups in total. The zero-order valence-corrected chi connectivity index (χ0v) is 13.4. The quantitative estimate of drug-likeness (QED) is 0.864. The third-order valence-electron chi connectivity index (χ3n) is 4.02. The fraction of sp³-hybridized carbons (Fsp3) is 0.600. The lowest BCUT2D eigenvalue weighted by atomic mass is 10.0. The Labute approximate surface area is 127 Å². The molecule has 1 fully saturated rings. The van der Waals surface area contributed by atoms with E-state index in [4.69, 9.17) is 5.73 Å². The van der Waals surface area contributed by atoms with Crippen LogP contribution in [0.1, 0.15) is 25.3 Å². The number of piperidine rings is 1. The molecule has 0 aliphatic carbocycles. The van der Waals surface area contributed by atoms with Crippen LogP contribution in [0, 0.1) is 5.92 Å². The average molecular weight is 311 g/mol. The minimum atomic E-state index is -3.40. The highest BCUT2D eigenvalue weighted by atomic mass is 32.2. The Kier molecular flexibility index (Phi) is 5.75. The summed E-state index contributed by atoms with van der Waals surface area (Å²) in [6, 6.07) is 9.71. The zero-order chi connectivity index (χ0) is 15.3. The summed E-state index contributed by atoms with van der Waals surface area (Å²) in [5, 5.41) is 0. The molecule has 1 unspecified atom stereocenters. The molecule has 1 aliphatic heterocycles. The first kappa shape index (κ1) is 16.4. The molecule has 0 radical (unpaired) electrons. The number of benzene rings is 1. The van der Waals surface area contributed by atoms with Gasteiger partial charge in [0.05, 0.1) is 0 Å². The first-order valence-electron chi connectivity index (χ1n) is 7.57. The van der Waals surface area contributed by atoms with Crippen LogP contribution in [0.5, 0.6) is 0 Å². The third kappa shape index (κ3) is 4.03. The Balaban J connectivity index is 2.12. The van der Waals surface area contributed by atoms with Gasteiger partial charge in [0.2, 0.25) is 0 Å². The number of hydrogen-bond donors (Lipinski definition) is 1. The number of hydrogen-bond acceptors (Lipinski definition) is 3. The predicted molar refractivity (Wildman–Crippen MR) is 84.8 cm³/mol. The molecule has 21 heavy (non-hydrogen) atoms. The molecule has 1 saturated heterocycles. The van der Waals surface area contributed by atoms with Crippen molar-refractivity contribution in [2.75, 3.05) is 26.2 Å². The van der Waals surface area contributed by atoms with E-state index < -0.39 is 10.2 Å². The van der Waals surface area contributed by atoms with Crippen molar-refractivity contribution in [3.8, 4) is 0 Å². The summed E-state index contributed by atoms with van der Waals surface area (Å²) in [6.45, 7) is 4.47. The second-order valence-corrected chi connectivity index (χ2v) is 7.45. The van der Waals surface area contributed by atoms with Gasteiger partial charge in [-0.3, -0.25) is 0 Å². The van der Waals surface area contributed by atoms with Crippen molar-refractivity contribution in [1.29, 1.82) is 0 Å². The van der Waals surface area contributed by atoms with Gasteiger partial charge < -0.3 is 5.73 Å². The lowest BCUT2D eigenvalue weighted by Crippen LogP contribution is -2.48. The highest BCUT2D eigenvalue weighted by molar-refractivity contribution is 7.86. The summed E-state index contributed by atoms with van der Waals surface area (Å²) >= 11 is 0. The van der Waals surface area contributed by atoms with Gasteiger partial charge >= 0.3 is 0 Å². The van der Waals surface area contributed by atoms with Crippen molar-refractivity contribution in [3.63, 3.8) is 0 Å². The maximum absolute atomic E-state index is 12.8. The van der Waals surface area contributed by atoms with Crippen LogP contribution in [-0.2, 0) is 16.8 Å². The van der Waals surface area contributed by atoms with E-state index >= 15 is 0 Å². The molecule has 1 heterocycles. The SMILES string of the molecule is CCN(Cc1ccccc1)S(=O)(=O)N1CCCC(CN)C1. The van der Waals surface area contributed by atoms with Crippen LogP contribution >= 0.6 is 0 Å². The second-order valence-electron chi connectivity index (χ2n) is 5.52. The predicted octanol–water partition coefficient (Wildman–Crippen LogP) is 1.42. The summed E-state index contributed by atoms with van der Waals surface area (Å²) in [4.78, 5) is 0. The van der Waals surface area contributed by atoms with E-state index in [2.05, 4.69) is 0 Å². The Bertz CT molecular complexity index is 533. The summed E-state index contributed by atoms with van der Waals surface area (Å²) in [5.41, 5.74) is 6.72. The van der Waals surface area contributed by atoms with Crippen LogP contribution in [0.4, 0.5) is 0 Å². The average Bonchev–Trinajstić information content (AvgIpc) is 2.53. The van der Waals surface area contributed by atoms with Gasteiger partial charge in [-0.05, 0) is 30.9 Å². The summed E-state index contributed by atoms with van der Waals surface area (Å²) < 4.78 is 28.7. The molecule has 2 rings (SSSR count). The van der Waals surface area contributed by atoms with Crippen LogP contribution in [0.15, 0.2) is 30.3 Å². The molecule has 0 saturated carbocycles. The summed E-state index contributed by atoms with van der Waals surface area (Å²) in [7, 11) is -3.40. The fourth-order valence-electron chi connectivity index (χ4n) is 2.74. The lowest BCUT2D eigenvalue weighted by molar-refractivity contribution is 0.250. The standard InChI is InChI=1S/C15H25N3O2S/c1-2-17(12-14-7-4-3-5-8-14)21(19,20)18-10-6-9-15(11-16)13-18/h3-5,7-8,15H,2,6,9-13,16H2,1H3. The van der Waals surface area contributed by atoms with E-state index in [-0.39, 0.29) is 5.92 Å². The van der Waals surface area contributed by atoms with Crippen LogP contribution < -0.4 is 5.73 Å². The molecule has 1 aliphatic rings. The largest absolute Gasteiger partial charge is 0.330 e. The minimum Gasteiger partial charge on any atom is -0.330 e. The van der Waals surface area contributed by atoms with Gasteiger partial charge in [0.1, 0.15) is 0 Å². The topological polar surface area (TPSA) is 66.6 Å². The van der Waals surface area contributed by atoms with Crippen LogP contribution in [0.3, 0.4) is 0 Å². The Morgan fingerprint density at radius 2 is 2.05 bits per heavy atom. The molecule has 0 spiro atoms. The normalized spacial score (nSPS) is 20.8. The van der Waals surface area contributed by atoms with Crippen LogP contribution in [0.2, 0.25) is 0 Å². The molecule has 1 aromatic rings. The van der Waals surface area contributed by atoms with Crippen molar-refractivity contribution in [2.24, 2.45) is 11.7 Å². The second kappa shape index (κ2) is 7.35. The van der Waals surface area contributed by atoms with Gasteiger partial charge in [-0.2, -0.15) is 17.0 Å². The Hall–Kier alpha value is -0.950. The van der Waals surface area contributed by atoms with Gasteiger partial charge in [-0.1, -0.05) is 37.3 Å². The van der Waals surface area contributed by atoms with Gasteiger partial charge in [-0.15, -0.1) is 0 Å². The minimum absolute atomic E-state index is 0.281. The van der Waals surface area contributed by atoms with Crippen molar-refractivity contribution < 1.29 is 8.42 Å². The van der Waals surface area contributed by atoms with E-state index in [0.29, 0.717) is 32.7 Å². The molecule has 5 nitrogen and oxygen atoms in total. The molecule has 0 aromatic heterocycles. The molecule has 1 atom stereocenters. The molecule has 0 amide bonds. The third-order valence-corrected chi connectivity index (χ3v) is 6.05.